The van der Waals surface area contributed by atoms with Crippen LogP contribution >= 0.6 is 0 Å². The second kappa shape index (κ2) is 54100. The first-order chi connectivity index (χ1) is 1.00. The van der Waals surface area contributed by atoms with Gasteiger partial charge in [-0.05, 0) is 0 Å². The summed E-state index contributed by atoms with van der Waals surface area (Å²) in [5.74, 6) is 0. The van der Waals surface area contributed by atoms with E-state index in [4.69, 9.17) is 5.11 Å². The van der Waals surface area contributed by atoms with Gasteiger partial charge in [-0.1, -0.05) is 0 Å². The molecule has 298 N–H and O–H groups in total. The minimum atomic E-state index is 0. The van der Waals surface area contributed by atoms with E-state index in [0.29, 0.717) is 0 Å². The molecule has 0 aromatic rings. The van der Waals surface area contributed by atoms with Gasteiger partial charge in [0.15, 0.2) is 0 Å². The molecule has 100 heteroatoms. The summed E-state index contributed by atoms with van der Waals surface area (Å²) in [4.78, 5) is 0. The largest absolute Gasteiger partial charge is 0.400 e. The molecule has 0 amide bonds. The molecule has 0 aliphatic carbocycles. The van der Waals surface area contributed by atoms with Crippen LogP contribution in [0.3, 0.4) is 0 Å². The molecule has 0 heterocycles. The normalized spacial score (nSPS) is 0.0594. The van der Waals surface area contributed by atoms with Crippen LogP contribution in [0.1, 0.15) is 0 Å². The van der Waals surface area contributed by atoms with Crippen LogP contribution in [0.4, 0.5) is 0 Å². The summed E-state index contributed by atoms with van der Waals surface area (Å²) in [6.45, 7) is 0. The number of aliphatic hydroxyl groups is 1. The molecule has 0 saturated heterocycles. The molecule has 0 bridgehead atoms. The molecule has 0 rings (SSSR count). The van der Waals surface area contributed by atoms with Gasteiger partial charge in [-0.25, -0.2) is 0 Å². The first-order valence-corrected chi connectivity index (χ1v) is 0.447. The number of aliphatic hydroxyl groups excluding tert-OH is 1. The molecular formula is CH301N99O. The van der Waals surface area contributed by atoms with E-state index in [1.165, 1.54) is 0 Å². The monoisotopic (exact) mass is 1720 g/mol. The Bertz CT molecular complexity index is 16.2. The Morgan fingerprint density at radius 3 is 0.0396 bits per heavy atom. The van der Waals surface area contributed by atoms with Crippen LogP contribution < -0.4 is 609 Å². The molecule has 0 fully saturated rings. The topological polar surface area (TPSA) is 3490 Å². The molecule has 0 saturated carbocycles. The van der Waals surface area contributed by atoms with Gasteiger partial charge in [0, 0.05) is 7.11 Å². The van der Waals surface area contributed by atoms with Crippen molar-refractivity contribution in [3.63, 3.8) is 0 Å². The van der Waals surface area contributed by atoms with Gasteiger partial charge in [-0.2, -0.15) is 0 Å². The van der Waals surface area contributed by atoms with Crippen LogP contribution in [0.15, 0.2) is 0 Å². The Morgan fingerprint density at radius 2 is 0.0396 bits per heavy atom. The first-order valence-electron chi connectivity index (χ1n) is 0.447. The summed E-state index contributed by atoms with van der Waals surface area (Å²) in [6, 6.07) is 0. The highest BCUT2D eigenvalue weighted by atomic mass is 16.2. The number of hydrogen-bond acceptors (Lipinski definition) is 100. The van der Waals surface area contributed by atoms with Crippen LogP contribution in [0.25, 0.3) is 0 Å². The predicted octanol–water partition coefficient (Wildman–Crippen LogP) is 15.6. The van der Waals surface area contributed by atoms with Crippen LogP contribution in [-0.2, 0) is 0 Å². The van der Waals surface area contributed by atoms with Crippen LogP contribution in [0, 0.1) is 0 Å². The van der Waals surface area contributed by atoms with Crippen molar-refractivity contribution < 1.29 is 5.11 Å². The van der Waals surface area contributed by atoms with Crippen molar-refractivity contribution in [3.05, 3.63) is 0 Å². The van der Waals surface area contributed by atoms with Crippen molar-refractivity contribution in [1.29, 1.82) is 0 Å². The van der Waals surface area contributed by atoms with Crippen LogP contribution in [0.2, 0.25) is 0 Å². The summed E-state index contributed by atoms with van der Waals surface area (Å²) < 4.78 is 0. The van der Waals surface area contributed by atoms with E-state index in [0.717, 1.165) is 7.11 Å². The second-order valence-electron chi connectivity index (χ2n) is 0. The molecule has 0 atom stereocenters. The molecule has 100 nitrogen and oxygen atoms in total. The minimum Gasteiger partial charge on any atom is -0.400 e. The Hall–Kier alpha value is -4.00. The maximum atomic E-state index is 7.00. The van der Waals surface area contributed by atoms with Gasteiger partial charge in [0.2, 0.25) is 0 Å². The van der Waals surface area contributed by atoms with Crippen molar-refractivity contribution in [1.82, 2.24) is 609 Å². The molecule has 0 aromatic heterocycles. The SMILES string of the molecule is CO.N.N.N.N.N.N.N.N.N.N.N.N.N.N.N.N.N.N.N.N.N.N.N.N.N.N.N.N.N.N.N.N.N.N.N.N.N.N.N.N.N.N.N.N.N.N.N.N.N.N.N.N.N.N.N.N.N.N.N.N.N.N.N.N.N.N.N.N.N.N.N.N.N.N.N.N.N.N.N.N.N.N.N.N.N.N.N.N.N.N.N.N.N.N.N.N.N.N.N. The molecule has 0 aromatic carbocycles. The Labute approximate surface area is 621 Å². The van der Waals surface area contributed by atoms with E-state index >= 15 is 0 Å². The third-order valence-corrected chi connectivity index (χ3v) is 0. The van der Waals surface area contributed by atoms with E-state index in [1.54, 1.807) is 0 Å². The van der Waals surface area contributed by atoms with Gasteiger partial charge >= 0.3 is 0 Å². The lowest BCUT2D eigenvalue weighted by molar-refractivity contribution is 0.399. The van der Waals surface area contributed by atoms with Crippen LogP contribution in [-0.4, -0.2) is 12.2 Å². The lowest BCUT2D eigenvalue weighted by Crippen LogP contribution is -1.25. The van der Waals surface area contributed by atoms with E-state index in [9.17, 15) is 0 Å². The smallest absolute Gasteiger partial charge is 0.0319 e. The highest BCUT2D eigenvalue weighted by Gasteiger charge is 0.839. The van der Waals surface area contributed by atoms with Crippen LogP contribution in [0.5, 0.6) is 0 Å². The second-order valence-corrected chi connectivity index (χ2v) is 0. The lowest BCUT2D eigenvalue weighted by Gasteiger charge is -1.21. The third kappa shape index (κ3) is 53000. The van der Waals surface area contributed by atoms with Crippen molar-refractivity contribution >= 4 is 0 Å². The average molecular weight is 1720 g/mol. The van der Waals surface area contributed by atoms with E-state index in [1.807, 2.05) is 0 Å². The maximum absolute atomic E-state index is 7.00. The third-order valence-electron chi connectivity index (χ3n) is 0. The molecule has 0 spiro atoms. The van der Waals surface area contributed by atoms with Gasteiger partial charge in [0.1, 0.15) is 0 Å². The van der Waals surface area contributed by atoms with Gasteiger partial charge in [0.25, 0.3) is 0 Å². The van der Waals surface area contributed by atoms with Gasteiger partial charge in [-0.15, -0.1) is 0 Å². The zero-order chi connectivity index (χ0) is 2.00. The van der Waals surface area contributed by atoms with Gasteiger partial charge in [0.05, 0.1) is 0 Å². The molecule has 0 aliphatic heterocycles. The quantitative estimate of drug-likeness (QED) is 0.107. The highest BCUT2D eigenvalue weighted by Crippen LogP contribution is 0.755. The zero-order valence-electron chi connectivity index (χ0n) is 71.5. The summed E-state index contributed by atoms with van der Waals surface area (Å²) in [5.41, 5.74) is 0. The van der Waals surface area contributed by atoms with E-state index < -0.39 is 0 Å². The Morgan fingerprint density at radius 1 is 0.0396 bits per heavy atom. The summed E-state index contributed by atoms with van der Waals surface area (Å²) in [7, 11) is 1.00. The fourth-order valence-electron chi connectivity index (χ4n) is 0. The van der Waals surface area contributed by atoms with E-state index in [-0.39, 0.29) is 609 Å². The molecule has 806 valence electrons. The van der Waals surface area contributed by atoms with Crippen molar-refractivity contribution in [2.24, 2.45) is 0 Å². The number of rotatable bonds is 0. The summed E-state index contributed by atoms with van der Waals surface area (Å²) in [6.07, 6.45) is 0. The summed E-state index contributed by atoms with van der Waals surface area (Å²) >= 11 is 0. The summed E-state index contributed by atoms with van der Waals surface area (Å²) in [5, 5.41) is 7.00. The first kappa shape index (κ1) is 99300. The van der Waals surface area contributed by atoms with Crippen molar-refractivity contribution in [2.75, 3.05) is 7.11 Å². The molecule has 0 unspecified atom stereocenters. The fraction of sp³-hybridized carbons (Fsp3) is 1.00. The van der Waals surface area contributed by atoms with E-state index in [2.05, 4.69) is 0 Å². The Kier molecular flexibility index (Phi) is 53300000. The maximum Gasteiger partial charge on any atom is 0.0319 e. The molecule has 0 radical (unpaired) electrons. The lowest BCUT2D eigenvalue weighted by atomic mass is 11.8. The predicted molar refractivity (Wildman–Crippen MR) is 505 cm³/mol. The number of hydrogen-bond donors (Lipinski definition) is 100. The highest BCUT2D eigenvalue weighted by molar-refractivity contribution is 3.18. The minimum absolute atomic E-state index is 0. The average Bonchev–Trinajstić information content (AvgIpc) is 1.00. The Balaban J connectivity index is -0.00000000000103. The van der Waals surface area contributed by atoms with Gasteiger partial charge in [-0.3, -0.25) is 0 Å². The van der Waals surface area contributed by atoms with Crippen molar-refractivity contribution in [2.45, 2.75) is 0 Å². The van der Waals surface area contributed by atoms with Crippen molar-refractivity contribution in [3.8, 4) is 0 Å². The standard InChI is InChI=1S/CH4O.99H3N/c1-2;;;;;;;;;;;;;;;;;;;;;;;;;;;;;;;;;;;;;;;;;;;;;;;;;;;;;;;;;;;;;;;;;;;;;;;;;;;;;;;;;;;;;;;;;;;;;;;;;;;/h2H,1H3;99*1H3. The fourth-order valence-corrected chi connectivity index (χ4v) is 0. The van der Waals surface area contributed by atoms with Gasteiger partial charge < -0.3 is 614 Å². The molecule has 101 heavy (non-hydrogen) atoms. The zero-order valence-corrected chi connectivity index (χ0v) is 71.5. The molecule has 0 aliphatic rings. The molecular weight excluding hydrogens is 1410 g/mol.